The van der Waals surface area contributed by atoms with E-state index in [1.54, 1.807) is 19.1 Å². The van der Waals surface area contributed by atoms with Crippen LogP contribution in [0.5, 0.6) is 0 Å². The van der Waals surface area contributed by atoms with E-state index in [0.717, 1.165) is 5.56 Å². The van der Waals surface area contributed by atoms with Crippen LogP contribution in [0, 0.1) is 12.7 Å². The number of amides is 1. The standard InChI is InChI=1S/C19H17FN2O2/c1-13-17(22-19(24-13)15-7-3-2-4-8-15)11-18(23)21-12-14-6-5-9-16(20)10-14/h2-10H,11-12H2,1H3,(H,21,23). The normalized spacial score (nSPS) is 10.6. The highest BCUT2D eigenvalue weighted by atomic mass is 19.1. The molecule has 0 spiro atoms. The number of carbonyl (C=O) groups is 1. The molecule has 4 nitrogen and oxygen atoms in total. The highest BCUT2D eigenvalue weighted by Gasteiger charge is 2.14. The number of hydrogen-bond acceptors (Lipinski definition) is 3. The zero-order valence-corrected chi connectivity index (χ0v) is 13.3. The maximum atomic E-state index is 13.1. The molecule has 0 saturated carbocycles. The van der Waals surface area contributed by atoms with Gasteiger partial charge in [-0.3, -0.25) is 4.79 Å². The van der Waals surface area contributed by atoms with Crippen molar-refractivity contribution in [2.45, 2.75) is 19.9 Å². The Morgan fingerprint density at radius 2 is 1.96 bits per heavy atom. The van der Waals surface area contributed by atoms with Gasteiger partial charge in [0.05, 0.1) is 12.1 Å². The first-order valence-electron chi connectivity index (χ1n) is 7.64. The Hall–Kier alpha value is -2.95. The van der Waals surface area contributed by atoms with Crippen LogP contribution < -0.4 is 5.32 Å². The molecule has 2 aromatic carbocycles. The maximum absolute atomic E-state index is 13.1. The number of nitrogens with one attached hydrogen (secondary N) is 1. The quantitative estimate of drug-likeness (QED) is 0.779. The summed E-state index contributed by atoms with van der Waals surface area (Å²) in [4.78, 5) is 16.5. The van der Waals surface area contributed by atoms with E-state index in [1.807, 2.05) is 30.3 Å². The predicted octanol–water partition coefficient (Wildman–Crippen LogP) is 3.65. The molecule has 1 amide bonds. The van der Waals surface area contributed by atoms with Crippen molar-refractivity contribution in [1.29, 1.82) is 0 Å². The molecule has 24 heavy (non-hydrogen) atoms. The zero-order chi connectivity index (χ0) is 16.9. The van der Waals surface area contributed by atoms with Crippen molar-refractivity contribution in [2.24, 2.45) is 0 Å². The van der Waals surface area contributed by atoms with Crippen molar-refractivity contribution < 1.29 is 13.6 Å². The van der Waals surface area contributed by atoms with E-state index in [9.17, 15) is 9.18 Å². The third-order valence-electron chi connectivity index (χ3n) is 3.62. The molecule has 1 aromatic heterocycles. The van der Waals surface area contributed by atoms with Gasteiger partial charge in [0.15, 0.2) is 0 Å². The van der Waals surface area contributed by atoms with E-state index in [4.69, 9.17) is 4.42 Å². The van der Waals surface area contributed by atoms with E-state index >= 15 is 0 Å². The molecule has 0 aliphatic rings. The molecule has 0 aliphatic heterocycles. The number of oxazole rings is 1. The summed E-state index contributed by atoms with van der Waals surface area (Å²) in [5.74, 6) is 0.618. The van der Waals surface area contributed by atoms with Gasteiger partial charge in [-0.1, -0.05) is 30.3 Å². The van der Waals surface area contributed by atoms with Crippen LogP contribution >= 0.6 is 0 Å². The molecule has 0 bridgehead atoms. The van der Waals surface area contributed by atoms with Crippen LogP contribution in [0.15, 0.2) is 59.0 Å². The lowest BCUT2D eigenvalue weighted by atomic mass is 10.2. The van der Waals surface area contributed by atoms with Gasteiger partial charge in [-0.25, -0.2) is 9.37 Å². The van der Waals surface area contributed by atoms with Crippen molar-refractivity contribution >= 4 is 5.91 Å². The minimum atomic E-state index is -0.318. The largest absolute Gasteiger partial charge is 0.441 e. The summed E-state index contributed by atoms with van der Waals surface area (Å²) in [6.07, 6.45) is 0.123. The van der Waals surface area contributed by atoms with Gasteiger partial charge < -0.3 is 9.73 Å². The van der Waals surface area contributed by atoms with Gasteiger partial charge in [-0.05, 0) is 36.8 Å². The van der Waals surface area contributed by atoms with E-state index in [-0.39, 0.29) is 24.7 Å². The first kappa shape index (κ1) is 15.9. The molecule has 0 unspecified atom stereocenters. The van der Waals surface area contributed by atoms with E-state index in [0.29, 0.717) is 22.9 Å². The van der Waals surface area contributed by atoms with Crippen LogP contribution in [-0.4, -0.2) is 10.9 Å². The Balaban J connectivity index is 1.63. The molecule has 0 fully saturated rings. The molecular weight excluding hydrogens is 307 g/mol. The summed E-state index contributed by atoms with van der Waals surface area (Å²) < 4.78 is 18.8. The lowest BCUT2D eigenvalue weighted by molar-refractivity contribution is -0.120. The number of halogens is 1. The van der Waals surface area contributed by atoms with Gasteiger partial charge in [-0.2, -0.15) is 0 Å². The zero-order valence-electron chi connectivity index (χ0n) is 13.3. The van der Waals surface area contributed by atoms with Crippen LogP contribution in [0.3, 0.4) is 0 Å². The van der Waals surface area contributed by atoms with E-state index < -0.39 is 0 Å². The monoisotopic (exact) mass is 324 g/mol. The summed E-state index contributed by atoms with van der Waals surface area (Å²) >= 11 is 0. The Labute approximate surface area is 139 Å². The highest BCUT2D eigenvalue weighted by molar-refractivity contribution is 5.78. The average Bonchev–Trinajstić information content (AvgIpc) is 2.95. The molecular formula is C19H17FN2O2. The lowest BCUT2D eigenvalue weighted by Crippen LogP contribution is -2.25. The van der Waals surface area contributed by atoms with Crippen LogP contribution in [0.1, 0.15) is 17.0 Å². The fourth-order valence-electron chi connectivity index (χ4n) is 2.36. The molecule has 3 rings (SSSR count). The fourth-order valence-corrected chi connectivity index (χ4v) is 2.36. The molecule has 1 N–H and O–H groups in total. The summed E-state index contributed by atoms with van der Waals surface area (Å²) in [7, 11) is 0. The number of hydrogen-bond donors (Lipinski definition) is 1. The Morgan fingerprint density at radius 3 is 2.71 bits per heavy atom. The summed E-state index contributed by atoms with van der Waals surface area (Å²) in [6, 6.07) is 15.7. The van der Waals surface area contributed by atoms with Crippen molar-refractivity contribution in [3.63, 3.8) is 0 Å². The minimum absolute atomic E-state index is 0.123. The second-order valence-corrected chi connectivity index (χ2v) is 5.47. The van der Waals surface area contributed by atoms with Crippen molar-refractivity contribution in [3.8, 4) is 11.5 Å². The average molecular weight is 324 g/mol. The van der Waals surface area contributed by atoms with Gasteiger partial charge in [0.25, 0.3) is 0 Å². The number of aromatic nitrogens is 1. The second kappa shape index (κ2) is 7.08. The van der Waals surface area contributed by atoms with Crippen LogP contribution in [0.25, 0.3) is 11.5 Å². The third-order valence-corrected chi connectivity index (χ3v) is 3.62. The maximum Gasteiger partial charge on any atom is 0.226 e. The summed E-state index contributed by atoms with van der Waals surface area (Å²) in [6.45, 7) is 2.06. The van der Waals surface area contributed by atoms with Crippen LogP contribution in [-0.2, 0) is 17.8 Å². The number of aryl methyl sites for hydroxylation is 1. The van der Waals surface area contributed by atoms with Gasteiger partial charge in [0.1, 0.15) is 11.6 Å². The molecule has 122 valence electrons. The molecule has 0 radical (unpaired) electrons. The second-order valence-electron chi connectivity index (χ2n) is 5.47. The van der Waals surface area contributed by atoms with Gasteiger partial charge >= 0.3 is 0 Å². The lowest BCUT2D eigenvalue weighted by Gasteiger charge is -2.04. The molecule has 5 heteroatoms. The Morgan fingerprint density at radius 1 is 1.17 bits per heavy atom. The van der Waals surface area contributed by atoms with Crippen LogP contribution in [0.4, 0.5) is 4.39 Å². The van der Waals surface area contributed by atoms with Gasteiger partial charge in [0.2, 0.25) is 11.8 Å². The summed E-state index contributed by atoms with van der Waals surface area (Å²) in [5, 5.41) is 2.76. The number of rotatable bonds is 5. The number of nitrogens with zero attached hydrogens (tertiary/aromatic N) is 1. The Bertz CT molecular complexity index is 844. The van der Waals surface area contributed by atoms with Crippen molar-refractivity contribution in [1.82, 2.24) is 10.3 Å². The summed E-state index contributed by atoms with van der Waals surface area (Å²) in [5.41, 5.74) is 2.18. The fraction of sp³-hybridized carbons (Fsp3) is 0.158. The van der Waals surface area contributed by atoms with Gasteiger partial charge in [-0.15, -0.1) is 0 Å². The topological polar surface area (TPSA) is 55.1 Å². The molecule has 0 saturated heterocycles. The van der Waals surface area contributed by atoms with Crippen molar-refractivity contribution in [2.75, 3.05) is 0 Å². The smallest absolute Gasteiger partial charge is 0.226 e. The first-order chi connectivity index (χ1) is 11.6. The number of carbonyl (C=O) groups excluding carboxylic acids is 1. The Kier molecular flexibility index (Phi) is 4.70. The van der Waals surface area contributed by atoms with E-state index in [2.05, 4.69) is 10.3 Å². The first-order valence-corrected chi connectivity index (χ1v) is 7.64. The highest BCUT2D eigenvalue weighted by Crippen LogP contribution is 2.21. The third kappa shape index (κ3) is 3.87. The van der Waals surface area contributed by atoms with E-state index in [1.165, 1.54) is 12.1 Å². The molecule has 0 aliphatic carbocycles. The SMILES string of the molecule is Cc1oc(-c2ccccc2)nc1CC(=O)NCc1cccc(F)c1. The van der Waals surface area contributed by atoms with Gasteiger partial charge in [0, 0.05) is 12.1 Å². The molecule has 1 heterocycles. The molecule has 0 atom stereocenters. The molecule has 3 aromatic rings. The van der Waals surface area contributed by atoms with Crippen molar-refractivity contribution in [3.05, 3.63) is 77.4 Å². The minimum Gasteiger partial charge on any atom is -0.441 e. The van der Waals surface area contributed by atoms with Crippen LogP contribution in [0.2, 0.25) is 0 Å². The number of benzene rings is 2. The predicted molar refractivity (Wildman–Crippen MR) is 88.6 cm³/mol.